The van der Waals surface area contributed by atoms with Crippen molar-refractivity contribution in [2.24, 2.45) is 0 Å². The number of nitrogens with zero attached hydrogens (tertiary/aromatic N) is 2. The second-order valence-electron chi connectivity index (χ2n) is 16.7. The largest absolute Gasteiger partial charge is 0.486 e. The quantitative estimate of drug-likeness (QED) is 0.0419. The summed E-state index contributed by atoms with van der Waals surface area (Å²) >= 11 is 7.29. The molecular formula is C55H56N2O2S4. The minimum atomic E-state index is -1.19. The van der Waals surface area contributed by atoms with Gasteiger partial charge in [0.1, 0.15) is 0 Å². The molecule has 0 saturated heterocycles. The SMILES string of the molecule is [C-]#[N+]C(=Cc1ccc(-c2ccc(-c3cc4c(s3)-c3sc(-c5ccc(N(c6ccccc6)c6ccccc6)cc5)cc3C4(CCCCCCCC)CCCCCCCC)s2)s1)C(=O)O. The van der Waals surface area contributed by atoms with E-state index >= 15 is 0 Å². The number of aliphatic carboxylic acids is 1. The average Bonchev–Trinajstić information content (AvgIpc) is 4.16. The Balaban J connectivity index is 1.15. The Hall–Kier alpha value is -5.04. The molecule has 4 heterocycles. The van der Waals surface area contributed by atoms with Gasteiger partial charge in [0.2, 0.25) is 0 Å². The molecule has 0 bridgehead atoms. The number of benzene rings is 3. The number of thiophene rings is 4. The predicted octanol–water partition coefficient (Wildman–Crippen LogP) is 18.5. The van der Waals surface area contributed by atoms with E-state index in [0.717, 1.165) is 31.7 Å². The highest BCUT2D eigenvalue weighted by Crippen LogP contribution is 2.62. The van der Waals surface area contributed by atoms with Crippen LogP contribution in [0, 0.1) is 6.57 Å². The molecule has 0 unspecified atom stereocenters. The van der Waals surface area contributed by atoms with Crippen molar-refractivity contribution in [3.05, 3.63) is 154 Å². The second-order valence-corrected chi connectivity index (χ2v) is 21.0. The number of carboxylic acids is 1. The van der Waals surface area contributed by atoms with Crippen LogP contribution in [0.25, 0.3) is 50.6 Å². The molecule has 0 fully saturated rings. The van der Waals surface area contributed by atoms with Crippen LogP contribution in [-0.4, -0.2) is 11.1 Å². The molecule has 0 atom stereocenters. The van der Waals surface area contributed by atoms with Gasteiger partial charge in [-0.05, 0) is 108 Å². The van der Waals surface area contributed by atoms with Crippen molar-refractivity contribution in [3.63, 3.8) is 0 Å². The first-order valence-corrected chi connectivity index (χ1v) is 26.0. The van der Waals surface area contributed by atoms with Crippen molar-refractivity contribution < 1.29 is 9.90 Å². The Kier molecular flexibility index (Phi) is 14.9. The molecule has 3 aromatic carbocycles. The van der Waals surface area contributed by atoms with E-state index in [1.54, 1.807) is 22.5 Å². The molecule has 4 nitrogen and oxygen atoms in total. The van der Waals surface area contributed by atoms with Crippen molar-refractivity contribution in [3.8, 4) is 39.7 Å². The Bertz CT molecular complexity index is 2600. The lowest BCUT2D eigenvalue weighted by Gasteiger charge is -2.31. The molecule has 4 aromatic heterocycles. The number of hydrogen-bond donors (Lipinski definition) is 1. The summed E-state index contributed by atoms with van der Waals surface area (Å²) in [5.41, 5.74) is 7.54. The van der Waals surface area contributed by atoms with Crippen LogP contribution in [0.1, 0.15) is 120 Å². The van der Waals surface area contributed by atoms with Gasteiger partial charge in [0.25, 0.3) is 5.70 Å². The molecule has 322 valence electrons. The van der Waals surface area contributed by atoms with E-state index in [4.69, 9.17) is 6.57 Å². The topological polar surface area (TPSA) is 44.9 Å². The molecular weight excluding hydrogens is 849 g/mol. The second kappa shape index (κ2) is 21.1. The van der Waals surface area contributed by atoms with Gasteiger partial charge in [-0.1, -0.05) is 139 Å². The number of hydrogen-bond acceptors (Lipinski definition) is 6. The van der Waals surface area contributed by atoms with Gasteiger partial charge in [-0.25, -0.2) is 4.85 Å². The molecule has 0 aliphatic heterocycles. The summed E-state index contributed by atoms with van der Waals surface area (Å²) in [5.74, 6) is -1.19. The number of para-hydroxylation sites is 2. The predicted molar refractivity (Wildman–Crippen MR) is 273 cm³/mol. The van der Waals surface area contributed by atoms with E-state index < -0.39 is 5.97 Å². The number of carboxylic acid groups (broad SMARTS) is 1. The molecule has 63 heavy (non-hydrogen) atoms. The molecule has 7 aromatic rings. The summed E-state index contributed by atoms with van der Waals surface area (Å²) in [4.78, 5) is 26.9. The minimum absolute atomic E-state index is 0.000859. The first kappa shape index (κ1) is 44.6. The molecule has 0 saturated carbocycles. The van der Waals surface area contributed by atoms with E-state index in [0.29, 0.717) is 0 Å². The molecule has 1 aliphatic carbocycles. The lowest BCUT2D eigenvalue weighted by atomic mass is 9.71. The zero-order valence-electron chi connectivity index (χ0n) is 36.4. The van der Waals surface area contributed by atoms with Gasteiger partial charge in [-0.15, -0.1) is 45.3 Å². The maximum absolute atomic E-state index is 11.5. The third kappa shape index (κ3) is 10.0. The van der Waals surface area contributed by atoms with Crippen molar-refractivity contribution in [1.82, 2.24) is 0 Å². The number of anilines is 3. The molecule has 1 N–H and O–H groups in total. The zero-order chi connectivity index (χ0) is 43.6. The van der Waals surface area contributed by atoms with Crippen LogP contribution < -0.4 is 4.90 Å². The fourth-order valence-electron chi connectivity index (χ4n) is 9.14. The van der Waals surface area contributed by atoms with Gasteiger partial charge in [0.15, 0.2) is 0 Å². The summed E-state index contributed by atoms with van der Waals surface area (Å²) in [6.07, 6.45) is 19.4. The average molecular weight is 905 g/mol. The van der Waals surface area contributed by atoms with Crippen molar-refractivity contribution in [1.29, 1.82) is 0 Å². The fraction of sp³-hybridized carbons (Fsp3) is 0.309. The Morgan fingerprint density at radius 3 is 1.60 bits per heavy atom. The Labute approximate surface area is 390 Å². The Morgan fingerprint density at radius 1 is 0.571 bits per heavy atom. The number of carbonyl (C=O) groups is 1. The molecule has 0 radical (unpaired) electrons. The molecule has 0 spiro atoms. The van der Waals surface area contributed by atoms with Gasteiger partial charge in [0, 0.05) is 61.5 Å². The number of unbranched alkanes of at least 4 members (excludes halogenated alkanes) is 10. The van der Waals surface area contributed by atoms with Gasteiger partial charge < -0.3 is 10.0 Å². The Morgan fingerprint density at radius 2 is 1.05 bits per heavy atom. The number of rotatable bonds is 22. The van der Waals surface area contributed by atoms with E-state index in [1.807, 2.05) is 34.8 Å². The molecule has 8 rings (SSSR count). The van der Waals surface area contributed by atoms with Crippen LogP contribution in [0.5, 0.6) is 0 Å². The summed E-state index contributed by atoms with van der Waals surface area (Å²) in [7, 11) is 0. The van der Waals surface area contributed by atoms with Crippen LogP contribution in [0.4, 0.5) is 17.1 Å². The standard InChI is InChI=1S/C55H56N2O2S4/c1-4-6-8-10-12-20-34-55(35-21-13-11-9-7-5-2)44-37-50(39-26-28-42(29-27-39)57(40-22-16-14-17-23-40)41-24-18-15-19-25-41)62-52(44)53-45(55)38-51(63-53)49-33-32-48(61-49)47-31-30-43(60-47)36-46(56-3)54(58)59/h14-19,22-33,36-38H,4-13,20-21,34-35H2,1-2H3,(H,58,59). The minimum Gasteiger partial charge on any atom is -0.486 e. The third-order valence-corrected chi connectivity index (χ3v) is 17.4. The number of fused-ring (bicyclic) bond motifs is 3. The van der Waals surface area contributed by atoms with E-state index in [-0.39, 0.29) is 11.1 Å². The highest BCUT2D eigenvalue weighted by Gasteiger charge is 2.45. The molecule has 8 heteroatoms. The maximum Gasteiger partial charge on any atom is 0.333 e. The maximum atomic E-state index is 11.5. The van der Waals surface area contributed by atoms with Crippen molar-refractivity contribution in [2.75, 3.05) is 4.90 Å². The normalized spacial score (nSPS) is 12.9. The van der Waals surface area contributed by atoms with Crippen molar-refractivity contribution in [2.45, 2.75) is 109 Å². The lowest BCUT2D eigenvalue weighted by Crippen LogP contribution is -2.25. The highest BCUT2D eigenvalue weighted by molar-refractivity contribution is 7.29. The lowest BCUT2D eigenvalue weighted by molar-refractivity contribution is -0.132. The van der Waals surface area contributed by atoms with Gasteiger partial charge in [-0.3, -0.25) is 4.79 Å². The van der Waals surface area contributed by atoms with Gasteiger partial charge in [0.05, 0.1) is 6.57 Å². The van der Waals surface area contributed by atoms with Crippen LogP contribution in [-0.2, 0) is 10.2 Å². The van der Waals surface area contributed by atoms with Crippen LogP contribution in [0.3, 0.4) is 0 Å². The zero-order valence-corrected chi connectivity index (χ0v) is 39.7. The van der Waals surface area contributed by atoms with Crippen molar-refractivity contribution >= 4 is 74.5 Å². The first-order chi connectivity index (χ1) is 30.9. The monoisotopic (exact) mass is 904 g/mol. The summed E-state index contributed by atoms with van der Waals surface area (Å²) in [5, 5.41) is 9.40. The summed E-state index contributed by atoms with van der Waals surface area (Å²) in [6.45, 7) is 11.9. The van der Waals surface area contributed by atoms with Gasteiger partial charge >= 0.3 is 5.97 Å². The fourth-order valence-corrected chi connectivity index (χ4v) is 13.9. The third-order valence-electron chi connectivity index (χ3n) is 12.4. The van der Waals surface area contributed by atoms with Crippen LogP contribution in [0.2, 0.25) is 0 Å². The van der Waals surface area contributed by atoms with E-state index in [1.165, 1.54) is 137 Å². The van der Waals surface area contributed by atoms with Crippen LogP contribution in [0.15, 0.2) is 127 Å². The summed E-state index contributed by atoms with van der Waals surface area (Å²) < 4.78 is 0. The van der Waals surface area contributed by atoms with Gasteiger partial charge in [-0.2, -0.15) is 0 Å². The molecule has 0 amide bonds. The van der Waals surface area contributed by atoms with E-state index in [9.17, 15) is 9.90 Å². The van der Waals surface area contributed by atoms with Crippen LogP contribution >= 0.6 is 45.3 Å². The summed E-state index contributed by atoms with van der Waals surface area (Å²) in [6, 6.07) is 44.0. The van der Waals surface area contributed by atoms with E-state index in [2.05, 4.69) is 133 Å². The highest BCUT2D eigenvalue weighted by atomic mass is 32.1. The molecule has 1 aliphatic rings. The smallest absolute Gasteiger partial charge is 0.333 e. The first-order valence-electron chi connectivity index (χ1n) is 22.7.